The summed E-state index contributed by atoms with van der Waals surface area (Å²) in [7, 11) is 0. The van der Waals surface area contributed by atoms with E-state index < -0.39 is 0 Å². The van der Waals surface area contributed by atoms with Crippen LogP contribution in [0.5, 0.6) is 0 Å². The number of carbonyl (C=O) groups excluding carboxylic acids is 2. The highest BCUT2D eigenvalue weighted by molar-refractivity contribution is 6.00. The Bertz CT molecular complexity index is 662. The van der Waals surface area contributed by atoms with E-state index >= 15 is 0 Å². The smallest absolute Gasteiger partial charge is 0.227 e. The minimum atomic E-state index is 0.261. The molecule has 0 N–H and O–H groups in total. The lowest BCUT2D eigenvalue weighted by Gasteiger charge is -2.25. The minimum Gasteiger partial charge on any atom is -0.303 e. The van der Waals surface area contributed by atoms with E-state index in [4.69, 9.17) is 4.99 Å². The molecule has 0 spiro atoms. The summed E-state index contributed by atoms with van der Waals surface area (Å²) in [6.07, 6.45) is 40.5. The second-order valence-corrected chi connectivity index (χ2v) is 13.6. The molecule has 4 nitrogen and oxygen atoms in total. The topological polar surface area (TPSA) is 49.7 Å². The van der Waals surface area contributed by atoms with Gasteiger partial charge in [-0.15, -0.1) is 0 Å². The molecule has 0 fully saturated rings. The first-order chi connectivity index (χ1) is 21.2. The van der Waals surface area contributed by atoms with Crippen molar-refractivity contribution >= 4 is 18.0 Å². The second kappa shape index (κ2) is 30.8. The predicted molar refractivity (Wildman–Crippen MR) is 188 cm³/mol. The van der Waals surface area contributed by atoms with Gasteiger partial charge < -0.3 is 4.79 Å². The van der Waals surface area contributed by atoms with E-state index in [1.807, 2.05) is 4.90 Å². The molecule has 0 aromatic rings. The van der Waals surface area contributed by atoms with E-state index in [-0.39, 0.29) is 11.8 Å². The Morgan fingerprint density at radius 2 is 1.00 bits per heavy atom. The summed E-state index contributed by atoms with van der Waals surface area (Å²) in [5.41, 5.74) is 0. The fraction of sp³-hybridized carbons (Fsp3) is 0.923. The van der Waals surface area contributed by atoms with Gasteiger partial charge in [-0.2, -0.15) is 0 Å². The van der Waals surface area contributed by atoms with Crippen LogP contribution >= 0.6 is 0 Å². The number of hydrogen-bond acceptors (Lipinski definition) is 3. The van der Waals surface area contributed by atoms with E-state index in [0.29, 0.717) is 12.8 Å². The van der Waals surface area contributed by atoms with E-state index in [1.54, 1.807) is 0 Å². The number of rotatable bonds is 33. The van der Waals surface area contributed by atoms with Gasteiger partial charge in [-0.3, -0.25) is 14.7 Å². The minimum absolute atomic E-state index is 0.261. The molecule has 1 atom stereocenters. The first kappa shape index (κ1) is 39.8. The van der Waals surface area contributed by atoms with Crippen LogP contribution in [-0.4, -0.2) is 36.0 Å². The molecule has 1 unspecified atom stereocenters. The van der Waals surface area contributed by atoms with Gasteiger partial charge in [0.15, 0.2) is 0 Å². The summed E-state index contributed by atoms with van der Waals surface area (Å²) in [5, 5.41) is 0. The van der Waals surface area contributed by atoms with Crippen molar-refractivity contribution < 1.29 is 9.59 Å². The van der Waals surface area contributed by atoms with E-state index in [0.717, 1.165) is 50.9 Å². The molecular weight excluding hydrogens is 528 g/mol. The number of hydrogen-bond donors (Lipinski definition) is 0. The van der Waals surface area contributed by atoms with Crippen LogP contribution in [0.1, 0.15) is 213 Å². The Morgan fingerprint density at radius 3 is 1.42 bits per heavy atom. The standard InChI is InChI=1S/C39H74N2O2/c1-3-5-7-9-11-13-15-17-18-19-21-23-25-27-29-33-38(43)41-35-34-40-39(41)37(32-30-36-42)31-28-26-24-22-20-16-14-12-10-8-6-4-2/h36-37H,3-35H2,1-2H3. The van der Waals surface area contributed by atoms with E-state index in [2.05, 4.69) is 13.8 Å². The van der Waals surface area contributed by atoms with Crippen molar-refractivity contribution in [3.8, 4) is 0 Å². The van der Waals surface area contributed by atoms with Crippen LogP contribution in [0.2, 0.25) is 0 Å². The first-order valence-corrected chi connectivity index (χ1v) is 19.5. The van der Waals surface area contributed by atoms with Crippen molar-refractivity contribution in [3.05, 3.63) is 0 Å². The van der Waals surface area contributed by atoms with Crippen LogP contribution < -0.4 is 0 Å². The van der Waals surface area contributed by atoms with Crippen LogP contribution in [0, 0.1) is 5.92 Å². The van der Waals surface area contributed by atoms with Gasteiger partial charge in [-0.1, -0.05) is 181 Å². The highest BCUT2D eigenvalue weighted by atomic mass is 16.2. The SMILES string of the molecule is CCCCCCCCCCCCCCCCCC(=O)N1CCN=C1C(CCC=O)CCCCCCCCCCCCCC. The molecule has 0 bridgehead atoms. The predicted octanol–water partition coefficient (Wildman–Crippen LogP) is 12.2. The molecule has 0 aromatic heterocycles. The average molecular weight is 603 g/mol. The fourth-order valence-corrected chi connectivity index (χ4v) is 6.75. The monoisotopic (exact) mass is 603 g/mol. The van der Waals surface area contributed by atoms with Crippen LogP contribution in [0.3, 0.4) is 0 Å². The van der Waals surface area contributed by atoms with Crippen molar-refractivity contribution in [2.45, 2.75) is 213 Å². The largest absolute Gasteiger partial charge is 0.303 e. The second-order valence-electron chi connectivity index (χ2n) is 13.6. The third kappa shape index (κ3) is 22.9. The number of unbranched alkanes of at least 4 members (excludes halogenated alkanes) is 25. The molecule has 1 rings (SSSR count). The highest BCUT2D eigenvalue weighted by Gasteiger charge is 2.29. The first-order valence-electron chi connectivity index (χ1n) is 19.5. The van der Waals surface area contributed by atoms with Gasteiger partial charge >= 0.3 is 0 Å². The Kier molecular flexibility index (Phi) is 28.6. The quantitative estimate of drug-likeness (QED) is 0.0554. The average Bonchev–Trinajstić information content (AvgIpc) is 3.51. The Labute approximate surface area is 269 Å². The van der Waals surface area contributed by atoms with E-state index in [9.17, 15) is 9.59 Å². The third-order valence-electron chi connectivity index (χ3n) is 9.57. The number of carbonyl (C=O) groups is 2. The number of amides is 1. The van der Waals surface area contributed by atoms with Crippen LogP contribution in [0.25, 0.3) is 0 Å². The van der Waals surface area contributed by atoms with Gasteiger partial charge in [0, 0.05) is 25.3 Å². The van der Waals surface area contributed by atoms with Gasteiger partial charge in [0.05, 0.1) is 6.54 Å². The summed E-state index contributed by atoms with van der Waals surface area (Å²) in [6, 6.07) is 0. The molecule has 0 saturated carbocycles. The van der Waals surface area contributed by atoms with Gasteiger partial charge in [-0.25, -0.2) is 0 Å². The van der Waals surface area contributed by atoms with Crippen molar-refractivity contribution in [2.75, 3.05) is 13.1 Å². The molecule has 0 aliphatic carbocycles. The zero-order chi connectivity index (χ0) is 31.1. The molecule has 1 amide bonds. The summed E-state index contributed by atoms with van der Waals surface area (Å²) in [4.78, 5) is 31.1. The molecular formula is C39H74N2O2. The summed E-state index contributed by atoms with van der Waals surface area (Å²) >= 11 is 0. The maximum atomic E-state index is 13.1. The lowest BCUT2D eigenvalue weighted by Crippen LogP contribution is -2.38. The fourth-order valence-electron chi connectivity index (χ4n) is 6.75. The molecule has 0 saturated heterocycles. The van der Waals surface area contributed by atoms with Gasteiger partial charge in [0.2, 0.25) is 5.91 Å². The van der Waals surface area contributed by atoms with Crippen molar-refractivity contribution in [3.63, 3.8) is 0 Å². The van der Waals surface area contributed by atoms with Gasteiger partial charge in [0.25, 0.3) is 0 Å². The third-order valence-corrected chi connectivity index (χ3v) is 9.57. The molecule has 0 aromatic carbocycles. The zero-order valence-corrected chi connectivity index (χ0v) is 29.2. The molecule has 1 heterocycles. The normalized spacial score (nSPS) is 13.9. The van der Waals surface area contributed by atoms with Gasteiger partial charge in [-0.05, 0) is 19.3 Å². The maximum absolute atomic E-state index is 13.1. The Balaban J connectivity index is 2.12. The molecule has 43 heavy (non-hydrogen) atoms. The van der Waals surface area contributed by atoms with Crippen LogP contribution in [0.15, 0.2) is 4.99 Å². The zero-order valence-electron chi connectivity index (χ0n) is 29.2. The summed E-state index contributed by atoms with van der Waals surface area (Å²) in [6.45, 7) is 6.04. The Hall–Kier alpha value is -1.19. The summed E-state index contributed by atoms with van der Waals surface area (Å²) < 4.78 is 0. The molecule has 0 radical (unpaired) electrons. The molecule has 4 heteroatoms. The molecule has 252 valence electrons. The van der Waals surface area contributed by atoms with Crippen molar-refractivity contribution in [2.24, 2.45) is 10.9 Å². The maximum Gasteiger partial charge on any atom is 0.227 e. The van der Waals surface area contributed by atoms with Gasteiger partial charge in [0.1, 0.15) is 12.1 Å². The lowest BCUT2D eigenvalue weighted by atomic mass is 9.93. The number of nitrogens with zero attached hydrogens (tertiary/aromatic N) is 2. The molecule has 1 aliphatic rings. The number of aliphatic imine (C=N–C) groups is 1. The lowest BCUT2D eigenvalue weighted by molar-refractivity contribution is -0.127. The van der Waals surface area contributed by atoms with Crippen molar-refractivity contribution in [1.29, 1.82) is 0 Å². The van der Waals surface area contributed by atoms with Crippen LogP contribution in [0.4, 0.5) is 0 Å². The van der Waals surface area contributed by atoms with Crippen LogP contribution in [-0.2, 0) is 9.59 Å². The van der Waals surface area contributed by atoms with E-state index in [1.165, 1.54) is 161 Å². The number of amidine groups is 1. The number of aldehydes is 1. The summed E-state index contributed by atoms with van der Waals surface area (Å²) in [5.74, 6) is 1.52. The molecule has 1 aliphatic heterocycles. The highest BCUT2D eigenvalue weighted by Crippen LogP contribution is 2.24. The van der Waals surface area contributed by atoms with Crippen molar-refractivity contribution in [1.82, 2.24) is 4.90 Å². The Morgan fingerprint density at radius 1 is 0.605 bits per heavy atom.